The zero-order valence-corrected chi connectivity index (χ0v) is 5.63. The molecule has 0 aromatic heterocycles. The van der Waals surface area contributed by atoms with Gasteiger partial charge in [-0.25, -0.2) is 0 Å². The van der Waals surface area contributed by atoms with Crippen molar-refractivity contribution in [3.63, 3.8) is 0 Å². The van der Waals surface area contributed by atoms with Crippen molar-refractivity contribution < 1.29 is 9.90 Å². The Bertz CT molecular complexity index is 93.1. The molecule has 0 aromatic carbocycles. The van der Waals surface area contributed by atoms with E-state index in [-0.39, 0.29) is 5.78 Å². The fourth-order valence-electron chi connectivity index (χ4n) is 0.589. The Kier molecular flexibility index (Phi) is 4.26. The first-order chi connectivity index (χ1) is 4.22. The highest BCUT2D eigenvalue weighted by Gasteiger charge is 2.09. The standard InChI is InChI=1S/C6H13NO2/c1-2-3-5(7)6(9)4-8/h5,8H,2-4,7H2,1H3/t5-/m0/s1. The zero-order valence-electron chi connectivity index (χ0n) is 5.63. The van der Waals surface area contributed by atoms with Gasteiger partial charge in [0.2, 0.25) is 0 Å². The van der Waals surface area contributed by atoms with E-state index in [1.165, 1.54) is 0 Å². The van der Waals surface area contributed by atoms with Crippen LogP contribution in [0.5, 0.6) is 0 Å². The van der Waals surface area contributed by atoms with Gasteiger partial charge in [0.25, 0.3) is 0 Å². The number of Topliss-reactive ketones (excluding diaryl/α,β-unsaturated/α-hetero) is 1. The molecule has 0 bridgehead atoms. The van der Waals surface area contributed by atoms with E-state index in [2.05, 4.69) is 0 Å². The molecule has 0 saturated carbocycles. The lowest BCUT2D eigenvalue weighted by molar-refractivity contribution is -0.123. The van der Waals surface area contributed by atoms with Crippen molar-refractivity contribution in [2.75, 3.05) is 6.61 Å². The maximum absolute atomic E-state index is 10.5. The normalized spacial score (nSPS) is 13.2. The Balaban J connectivity index is 3.45. The van der Waals surface area contributed by atoms with Gasteiger partial charge < -0.3 is 10.8 Å². The summed E-state index contributed by atoms with van der Waals surface area (Å²) in [4.78, 5) is 10.5. The quantitative estimate of drug-likeness (QED) is 0.549. The maximum Gasteiger partial charge on any atom is 0.174 e. The average molecular weight is 131 g/mol. The van der Waals surface area contributed by atoms with E-state index in [0.717, 1.165) is 6.42 Å². The second-order valence-corrected chi connectivity index (χ2v) is 2.02. The summed E-state index contributed by atoms with van der Waals surface area (Å²) in [5.74, 6) is -0.267. The second kappa shape index (κ2) is 4.47. The molecule has 3 heteroatoms. The highest BCUT2D eigenvalue weighted by atomic mass is 16.3. The Morgan fingerprint density at radius 3 is 2.67 bits per heavy atom. The smallest absolute Gasteiger partial charge is 0.174 e. The van der Waals surface area contributed by atoms with Gasteiger partial charge >= 0.3 is 0 Å². The molecular formula is C6H13NO2. The summed E-state index contributed by atoms with van der Waals surface area (Å²) in [6.07, 6.45) is 1.55. The summed E-state index contributed by atoms with van der Waals surface area (Å²) in [7, 11) is 0. The SMILES string of the molecule is CCC[C@H](N)C(=O)CO. The number of hydrogen-bond acceptors (Lipinski definition) is 3. The van der Waals surface area contributed by atoms with E-state index < -0.39 is 12.6 Å². The highest BCUT2D eigenvalue weighted by Crippen LogP contribution is 1.92. The Morgan fingerprint density at radius 2 is 2.33 bits per heavy atom. The number of aliphatic hydroxyl groups excluding tert-OH is 1. The molecule has 1 atom stereocenters. The van der Waals surface area contributed by atoms with Crippen LogP contribution in [0.15, 0.2) is 0 Å². The van der Waals surface area contributed by atoms with Crippen LogP contribution in [0.1, 0.15) is 19.8 Å². The number of ketones is 1. The van der Waals surface area contributed by atoms with Gasteiger partial charge in [-0.15, -0.1) is 0 Å². The molecule has 3 nitrogen and oxygen atoms in total. The molecule has 0 aliphatic carbocycles. The number of carbonyl (C=O) groups excluding carboxylic acids is 1. The molecule has 0 aliphatic heterocycles. The van der Waals surface area contributed by atoms with E-state index in [9.17, 15) is 4.79 Å². The second-order valence-electron chi connectivity index (χ2n) is 2.02. The third-order valence-electron chi connectivity index (χ3n) is 1.17. The van der Waals surface area contributed by atoms with Gasteiger partial charge in [-0.3, -0.25) is 4.79 Å². The summed E-state index contributed by atoms with van der Waals surface area (Å²) >= 11 is 0. The van der Waals surface area contributed by atoms with Crippen LogP contribution in [-0.2, 0) is 4.79 Å². The minimum absolute atomic E-state index is 0.267. The van der Waals surface area contributed by atoms with Gasteiger partial charge in [0.1, 0.15) is 6.61 Å². The molecule has 0 amide bonds. The fourth-order valence-corrected chi connectivity index (χ4v) is 0.589. The van der Waals surface area contributed by atoms with Crippen molar-refractivity contribution in [2.45, 2.75) is 25.8 Å². The predicted molar refractivity (Wildman–Crippen MR) is 35.0 cm³/mol. The summed E-state index contributed by atoms with van der Waals surface area (Å²) in [6.45, 7) is 1.52. The fraction of sp³-hybridized carbons (Fsp3) is 0.833. The molecule has 0 spiro atoms. The molecular weight excluding hydrogens is 118 g/mol. The summed E-state index contributed by atoms with van der Waals surface area (Å²) in [5.41, 5.74) is 5.33. The van der Waals surface area contributed by atoms with Crippen molar-refractivity contribution in [3.8, 4) is 0 Å². The van der Waals surface area contributed by atoms with Crippen molar-refractivity contribution in [1.29, 1.82) is 0 Å². The summed E-state index contributed by atoms with van der Waals surface area (Å²) < 4.78 is 0. The minimum atomic E-state index is -0.458. The molecule has 0 unspecified atom stereocenters. The van der Waals surface area contributed by atoms with Crippen LogP contribution in [0.25, 0.3) is 0 Å². The first kappa shape index (κ1) is 8.59. The first-order valence-electron chi connectivity index (χ1n) is 3.11. The lowest BCUT2D eigenvalue weighted by atomic mass is 10.1. The monoisotopic (exact) mass is 131 g/mol. The van der Waals surface area contributed by atoms with Gasteiger partial charge in [-0.2, -0.15) is 0 Å². The van der Waals surface area contributed by atoms with Crippen molar-refractivity contribution >= 4 is 5.78 Å². The molecule has 0 aromatic rings. The van der Waals surface area contributed by atoms with Gasteiger partial charge in [-0.1, -0.05) is 13.3 Å². The molecule has 0 saturated heterocycles. The van der Waals surface area contributed by atoms with Crippen LogP contribution >= 0.6 is 0 Å². The van der Waals surface area contributed by atoms with E-state index in [1.54, 1.807) is 0 Å². The molecule has 0 heterocycles. The molecule has 0 aliphatic rings. The highest BCUT2D eigenvalue weighted by molar-refractivity contribution is 5.84. The number of hydrogen-bond donors (Lipinski definition) is 2. The zero-order chi connectivity index (χ0) is 7.28. The number of carbonyl (C=O) groups is 1. The van der Waals surface area contributed by atoms with Crippen LogP contribution in [0.3, 0.4) is 0 Å². The van der Waals surface area contributed by atoms with Crippen LogP contribution < -0.4 is 5.73 Å². The largest absolute Gasteiger partial charge is 0.389 e. The van der Waals surface area contributed by atoms with Crippen LogP contribution in [-0.4, -0.2) is 23.5 Å². The summed E-state index contributed by atoms with van der Waals surface area (Å²) in [6, 6.07) is -0.458. The maximum atomic E-state index is 10.5. The van der Waals surface area contributed by atoms with Crippen LogP contribution in [0, 0.1) is 0 Å². The minimum Gasteiger partial charge on any atom is -0.389 e. The van der Waals surface area contributed by atoms with Crippen molar-refractivity contribution in [1.82, 2.24) is 0 Å². The summed E-state index contributed by atoms with van der Waals surface area (Å²) in [5, 5.41) is 8.30. The average Bonchev–Trinajstić information content (AvgIpc) is 1.87. The van der Waals surface area contributed by atoms with Crippen molar-refractivity contribution in [3.05, 3.63) is 0 Å². The van der Waals surface area contributed by atoms with Gasteiger partial charge in [-0.05, 0) is 6.42 Å². The molecule has 9 heavy (non-hydrogen) atoms. The number of rotatable bonds is 4. The van der Waals surface area contributed by atoms with Gasteiger partial charge in [0, 0.05) is 0 Å². The molecule has 54 valence electrons. The topological polar surface area (TPSA) is 63.3 Å². The third kappa shape index (κ3) is 3.21. The lowest BCUT2D eigenvalue weighted by Crippen LogP contribution is -2.32. The van der Waals surface area contributed by atoms with Crippen molar-refractivity contribution in [2.24, 2.45) is 5.73 Å². The van der Waals surface area contributed by atoms with E-state index >= 15 is 0 Å². The molecule has 0 radical (unpaired) electrons. The third-order valence-corrected chi connectivity index (χ3v) is 1.17. The Morgan fingerprint density at radius 1 is 1.78 bits per heavy atom. The van der Waals surface area contributed by atoms with Gasteiger partial charge in [0.15, 0.2) is 5.78 Å². The van der Waals surface area contributed by atoms with E-state index in [0.29, 0.717) is 6.42 Å². The first-order valence-corrected chi connectivity index (χ1v) is 3.11. The molecule has 0 fully saturated rings. The lowest BCUT2D eigenvalue weighted by Gasteiger charge is -2.04. The van der Waals surface area contributed by atoms with Gasteiger partial charge in [0.05, 0.1) is 6.04 Å². The van der Waals surface area contributed by atoms with E-state index in [1.807, 2.05) is 6.92 Å². The molecule has 3 N–H and O–H groups in total. The van der Waals surface area contributed by atoms with E-state index in [4.69, 9.17) is 10.8 Å². The van der Waals surface area contributed by atoms with Crippen LogP contribution in [0.2, 0.25) is 0 Å². The van der Waals surface area contributed by atoms with Crippen LogP contribution in [0.4, 0.5) is 0 Å². The molecule has 0 rings (SSSR count). The number of aliphatic hydroxyl groups is 1. The Hall–Kier alpha value is -0.410. The number of nitrogens with two attached hydrogens (primary N) is 1. The Labute approximate surface area is 54.9 Å². The predicted octanol–water partition coefficient (Wildman–Crippen LogP) is -0.325.